The molecule has 1 heterocycles. The zero-order valence-electron chi connectivity index (χ0n) is 14.2. The molecule has 1 saturated carbocycles. The van der Waals surface area contributed by atoms with Crippen LogP contribution in [0, 0.1) is 17.4 Å². The summed E-state index contributed by atoms with van der Waals surface area (Å²) in [5.74, 6) is -0.0964. The van der Waals surface area contributed by atoms with Gasteiger partial charge in [-0.25, -0.2) is 13.1 Å². The SMILES string of the molecule is N#CN1CC[C@@H](NS(=O)(=O)c2cc(NC(=O)C3CCCC3)ccc2Cl)C1. The molecule has 9 heteroatoms. The first-order chi connectivity index (χ1) is 12.4. The van der Waals surface area contributed by atoms with Crippen molar-refractivity contribution in [2.24, 2.45) is 5.92 Å². The van der Waals surface area contributed by atoms with Crippen LogP contribution in [0.5, 0.6) is 0 Å². The van der Waals surface area contributed by atoms with E-state index in [0.717, 1.165) is 25.7 Å². The van der Waals surface area contributed by atoms with Crippen LogP contribution in [0.15, 0.2) is 23.1 Å². The van der Waals surface area contributed by atoms with Crippen molar-refractivity contribution >= 4 is 33.2 Å². The van der Waals surface area contributed by atoms with Gasteiger partial charge in [-0.3, -0.25) is 4.79 Å². The molecule has 2 fully saturated rings. The molecule has 26 heavy (non-hydrogen) atoms. The maximum absolute atomic E-state index is 12.7. The van der Waals surface area contributed by atoms with Crippen LogP contribution in [0.4, 0.5) is 5.69 Å². The number of amides is 1. The highest BCUT2D eigenvalue weighted by molar-refractivity contribution is 7.89. The van der Waals surface area contributed by atoms with Crippen LogP contribution in [0.25, 0.3) is 0 Å². The van der Waals surface area contributed by atoms with E-state index in [1.165, 1.54) is 17.0 Å². The number of likely N-dealkylation sites (tertiary alicyclic amines) is 1. The Balaban J connectivity index is 1.74. The van der Waals surface area contributed by atoms with Crippen LogP contribution in [-0.4, -0.2) is 38.4 Å². The van der Waals surface area contributed by atoms with Gasteiger partial charge < -0.3 is 10.2 Å². The third-order valence-corrected chi connectivity index (χ3v) is 6.87. The van der Waals surface area contributed by atoms with Crippen LogP contribution in [-0.2, 0) is 14.8 Å². The van der Waals surface area contributed by atoms with Gasteiger partial charge in [-0.1, -0.05) is 24.4 Å². The maximum Gasteiger partial charge on any atom is 0.242 e. The average Bonchev–Trinajstić information content (AvgIpc) is 3.27. The molecule has 1 atom stereocenters. The van der Waals surface area contributed by atoms with Crippen LogP contribution in [0.1, 0.15) is 32.1 Å². The second kappa shape index (κ2) is 7.82. The fourth-order valence-electron chi connectivity index (χ4n) is 3.45. The lowest BCUT2D eigenvalue weighted by molar-refractivity contribution is -0.119. The van der Waals surface area contributed by atoms with Crippen molar-refractivity contribution in [2.75, 3.05) is 18.4 Å². The van der Waals surface area contributed by atoms with Gasteiger partial charge in [0.1, 0.15) is 4.90 Å². The Bertz CT molecular complexity index is 831. The molecule has 2 N–H and O–H groups in total. The van der Waals surface area contributed by atoms with Gasteiger partial charge in [0.05, 0.1) is 5.02 Å². The van der Waals surface area contributed by atoms with Crippen molar-refractivity contribution in [1.82, 2.24) is 9.62 Å². The van der Waals surface area contributed by atoms with Gasteiger partial charge in [-0.2, -0.15) is 5.26 Å². The van der Waals surface area contributed by atoms with Crippen molar-refractivity contribution in [2.45, 2.75) is 43.0 Å². The number of carbonyl (C=O) groups excluding carboxylic acids is 1. The number of hydrogen-bond donors (Lipinski definition) is 2. The molecule has 1 amide bonds. The number of hydrogen-bond acceptors (Lipinski definition) is 5. The zero-order valence-corrected chi connectivity index (χ0v) is 15.8. The van der Waals surface area contributed by atoms with Gasteiger partial charge in [0.15, 0.2) is 6.19 Å². The van der Waals surface area contributed by atoms with Crippen molar-refractivity contribution < 1.29 is 13.2 Å². The van der Waals surface area contributed by atoms with E-state index < -0.39 is 10.0 Å². The summed E-state index contributed by atoms with van der Waals surface area (Å²) in [6, 6.07) is 4.11. The molecule has 0 unspecified atom stereocenters. The minimum absolute atomic E-state index is 0.0145. The van der Waals surface area contributed by atoms with Crippen LogP contribution < -0.4 is 10.0 Å². The number of nitriles is 1. The molecule has 0 spiro atoms. The Kier molecular flexibility index (Phi) is 5.70. The van der Waals surface area contributed by atoms with Crippen LogP contribution >= 0.6 is 11.6 Å². The molecule has 1 aliphatic heterocycles. The van der Waals surface area contributed by atoms with Crippen LogP contribution in [0.2, 0.25) is 5.02 Å². The Morgan fingerprint density at radius 3 is 2.65 bits per heavy atom. The van der Waals surface area contributed by atoms with E-state index in [9.17, 15) is 13.2 Å². The summed E-state index contributed by atoms with van der Waals surface area (Å²) in [7, 11) is -3.85. The van der Waals surface area contributed by atoms with E-state index in [0.29, 0.717) is 25.2 Å². The Morgan fingerprint density at radius 1 is 1.27 bits per heavy atom. The van der Waals surface area contributed by atoms with E-state index in [1.807, 2.05) is 6.19 Å². The van der Waals surface area contributed by atoms with Gasteiger partial charge in [-0.05, 0) is 37.5 Å². The molecular formula is C17H21ClN4O3S. The summed E-state index contributed by atoms with van der Waals surface area (Å²) >= 11 is 6.09. The van der Waals surface area contributed by atoms with Gasteiger partial charge in [0.25, 0.3) is 0 Å². The van der Waals surface area contributed by atoms with Crippen molar-refractivity contribution in [3.63, 3.8) is 0 Å². The first-order valence-corrected chi connectivity index (χ1v) is 10.5. The fraction of sp³-hybridized carbons (Fsp3) is 0.529. The quantitative estimate of drug-likeness (QED) is 0.743. The molecule has 1 aromatic rings. The first-order valence-electron chi connectivity index (χ1n) is 8.66. The highest BCUT2D eigenvalue weighted by atomic mass is 35.5. The summed E-state index contributed by atoms with van der Waals surface area (Å²) in [6.07, 6.45) is 6.39. The largest absolute Gasteiger partial charge is 0.326 e. The number of carbonyl (C=O) groups is 1. The Hall–Kier alpha value is -1.82. The molecule has 0 bridgehead atoms. The number of sulfonamides is 1. The van der Waals surface area contributed by atoms with Crippen LogP contribution in [0.3, 0.4) is 0 Å². The molecule has 3 rings (SSSR count). The third-order valence-electron chi connectivity index (χ3n) is 4.87. The van der Waals surface area contributed by atoms with Gasteiger partial charge >= 0.3 is 0 Å². The van der Waals surface area contributed by atoms with Crippen molar-refractivity contribution in [3.8, 4) is 6.19 Å². The lowest BCUT2D eigenvalue weighted by Gasteiger charge is -2.15. The van der Waals surface area contributed by atoms with Gasteiger partial charge in [0.2, 0.25) is 15.9 Å². The number of anilines is 1. The molecule has 1 aromatic carbocycles. The van der Waals surface area contributed by atoms with E-state index in [2.05, 4.69) is 10.0 Å². The number of nitrogens with zero attached hydrogens (tertiary/aromatic N) is 2. The van der Waals surface area contributed by atoms with E-state index >= 15 is 0 Å². The second-order valence-electron chi connectivity index (χ2n) is 6.77. The summed E-state index contributed by atoms with van der Waals surface area (Å²) in [5.41, 5.74) is 0.414. The van der Waals surface area contributed by atoms with Gasteiger partial charge in [0, 0.05) is 30.7 Å². The predicted octanol–water partition coefficient (Wildman–Crippen LogP) is 2.30. The Morgan fingerprint density at radius 2 is 2.00 bits per heavy atom. The summed E-state index contributed by atoms with van der Waals surface area (Å²) in [5, 5.41) is 11.8. The predicted molar refractivity (Wildman–Crippen MR) is 98.0 cm³/mol. The second-order valence-corrected chi connectivity index (χ2v) is 8.86. The molecule has 2 aliphatic rings. The minimum atomic E-state index is -3.85. The third kappa shape index (κ3) is 4.29. The standard InChI is InChI=1S/C17H21ClN4O3S/c18-15-6-5-13(20-17(23)12-3-1-2-4-12)9-16(15)26(24,25)21-14-7-8-22(10-14)11-19/h5-6,9,12,14,21H,1-4,7-8,10H2,(H,20,23)/t14-/m1/s1. The molecule has 140 valence electrons. The normalized spacial score (nSPS) is 20.9. The number of halogens is 1. The lowest BCUT2D eigenvalue weighted by atomic mass is 10.1. The minimum Gasteiger partial charge on any atom is -0.326 e. The summed E-state index contributed by atoms with van der Waals surface area (Å²) < 4.78 is 28.0. The molecule has 1 saturated heterocycles. The molecule has 0 aromatic heterocycles. The Labute approximate surface area is 158 Å². The van der Waals surface area contributed by atoms with E-state index in [4.69, 9.17) is 16.9 Å². The number of benzene rings is 1. The number of rotatable bonds is 5. The van der Waals surface area contributed by atoms with E-state index in [-0.39, 0.29) is 27.8 Å². The monoisotopic (exact) mass is 396 g/mol. The van der Waals surface area contributed by atoms with Crippen molar-refractivity contribution in [1.29, 1.82) is 5.26 Å². The number of nitrogens with one attached hydrogen (secondary N) is 2. The highest BCUT2D eigenvalue weighted by Gasteiger charge is 2.29. The fourth-order valence-corrected chi connectivity index (χ4v) is 5.24. The summed E-state index contributed by atoms with van der Waals surface area (Å²) in [4.78, 5) is 13.7. The topological polar surface area (TPSA) is 102 Å². The molecular weight excluding hydrogens is 376 g/mol. The lowest BCUT2D eigenvalue weighted by Crippen LogP contribution is -2.36. The zero-order chi connectivity index (χ0) is 18.7. The molecule has 1 aliphatic carbocycles. The first kappa shape index (κ1) is 19.0. The smallest absolute Gasteiger partial charge is 0.242 e. The van der Waals surface area contributed by atoms with E-state index in [1.54, 1.807) is 6.07 Å². The average molecular weight is 397 g/mol. The van der Waals surface area contributed by atoms with Gasteiger partial charge in [-0.15, -0.1) is 0 Å². The van der Waals surface area contributed by atoms with Crippen molar-refractivity contribution in [3.05, 3.63) is 23.2 Å². The summed E-state index contributed by atoms with van der Waals surface area (Å²) in [6.45, 7) is 0.861. The highest BCUT2D eigenvalue weighted by Crippen LogP contribution is 2.29. The molecule has 7 nitrogen and oxygen atoms in total. The maximum atomic E-state index is 12.7. The molecule has 0 radical (unpaired) electrons.